The monoisotopic (exact) mass is 587 g/mol. The molecule has 212 valence electrons. The summed E-state index contributed by atoms with van der Waals surface area (Å²) in [6.45, 7) is 4.62. The summed E-state index contributed by atoms with van der Waals surface area (Å²) >= 11 is 1.59. The Bertz CT molecular complexity index is 2180. The quantitative estimate of drug-likeness (QED) is 0.218. The molecule has 0 amide bonds. The predicted octanol–water partition coefficient (Wildman–Crippen LogP) is 10.5. The molecule has 0 unspecified atom stereocenters. The van der Waals surface area contributed by atoms with Gasteiger partial charge in [-0.2, -0.15) is 0 Å². The van der Waals surface area contributed by atoms with Crippen molar-refractivity contribution in [3.8, 4) is 38.6 Å². The van der Waals surface area contributed by atoms with Gasteiger partial charge in [-0.15, -0.1) is 11.3 Å². The minimum Gasteiger partial charge on any atom is -0.507 e. The van der Waals surface area contributed by atoms with Crippen molar-refractivity contribution in [3.05, 3.63) is 145 Å². The Kier molecular flexibility index (Phi) is 6.10. The van der Waals surface area contributed by atoms with E-state index < -0.39 is 0 Å². The number of anilines is 3. The van der Waals surface area contributed by atoms with Gasteiger partial charge in [-0.25, -0.2) is 9.97 Å². The van der Waals surface area contributed by atoms with E-state index in [0.717, 1.165) is 49.1 Å². The lowest BCUT2D eigenvalue weighted by atomic mass is 9.82. The Morgan fingerprint density at radius 1 is 0.682 bits per heavy atom. The maximum Gasteiger partial charge on any atom is 0.137 e. The topological polar surface area (TPSA) is 49.2 Å². The number of rotatable bonds is 5. The molecule has 44 heavy (non-hydrogen) atoms. The zero-order valence-electron chi connectivity index (χ0n) is 24.4. The molecule has 0 aliphatic heterocycles. The molecule has 0 saturated heterocycles. The van der Waals surface area contributed by atoms with Crippen LogP contribution in [-0.4, -0.2) is 15.1 Å². The lowest BCUT2D eigenvalue weighted by Crippen LogP contribution is -2.16. The normalized spacial score (nSPS) is 13.0. The first-order valence-corrected chi connectivity index (χ1v) is 15.6. The van der Waals surface area contributed by atoms with E-state index in [2.05, 4.69) is 110 Å². The number of thiazole rings is 1. The van der Waals surface area contributed by atoms with Crippen LogP contribution in [0.2, 0.25) is 0 Å². The van der Waals surface area contributed by atoms with Crippen LogP contribution in [0, 0.1) is 0 Å². The molecule has 1 aliphatic carbocycles. The van der Waals surface area contributed by atoms with Crippen LogP contribution in [0.3, 0.4) is 0 Å². The number of aromatic nitrogens is 2. The standard InChI is InChI=1S/C39H29N3OS/c1-39(2)30-17-5-3-14-28(30)36-31(39)18-11-19-32(36)42(35-22-7-8-23-40-35)26-13-9-12-25(24-26)27-16-10-21-34-37(27)41-38(44-34)29-15-4-6-20-33(29)43/h3-24,43H,1-2H3. The molecule has 8 rings (SSSR count). The molecular weight excluding hydrogens is 559 g/mol. The maximum absolute atomic E-state index is 10.5. The molecule has 2 heterocycles. The Morgan fingerprint density at radius 3 is 2.25 bits per heavy atom. The molecule has 1 N–H and O–H groups in total. The third kappa shape index (κ3) is 4.12. The average Bonchev–Trinajstić information content (AvgIpc) is 3.59. The number of hydrogen-bond acceptors (Lipinski definition) is 5. The van der Waals surface area contributed by atoms with Gasteiger partial charge in [0, 0.05) is 28.4 Å². The first kappa shape index (κ1) is 26.4. The largest absolute Gasteiger partial charge is 0.507 e. The number of benzene rings is 5. The summed E-state index contributed by atoms with van der Waals surface area (Å²) < 4.78 is 1.08. The second kappa shape index (κ2) is 10.2. The molecule has 0 saturated carbocycles. The summed E-state index contributed by atoms with van der Waals surface area (Å²) in [5, 5.41) is 11.3. The van der Waals surface area contributed by atoms with Crippen molar-refractivity contribution >= 4 is 38.7 Å². The van der Waals surface area contributed by atoms with E-state index in [1.54, 1.807) is 17.4 Å². The number of phenolic OH excluding ortho intramolecular Hbond substituents is 1. The van der Waals surface area contributed by atoms with Gasteiger partial charge in [0.1, 0.15) is 16.6 Å². The van der Waals surface area contributed by atoms with Gasteiger partial charge in [0.25, 0.3) is 0 Å². The van der Waals surface area contributed by atoms with Gasteiger partial charge in [0.15, 0.2) is 0 Å². The summed E-state index contributed by atoms with van der Waals surface area (Å²) in [4.78, 5) is 12.1. The van der Waals surface area contributed by atoms with E-state index in [1.165, 1.54) is 22.3 Å². The van der Waals surface area contributed by atoms with Crippen LogP contribution in [0.15, 0.2) is 134 Å². The van der Waals surface area contributed by atoms with Gasteiger partial charge in [0.2, 0.25) is 0 Å². The van der Waals surface area contributed by atoms with Gasteiger partial charge in [-0.1, -0.05) is 92.7 Å². The summed E-state index contributed by atoms with van der Waals surface area (Å²) in [5.41, 5.74) is 11.0. The fraction of sp³-hybridized carbons (Fsp3) is 0.0769. The van der Waals surface area contributed by atoms with Crippen LogP contribution in [0.4, 0.5) is 17.2 Å². The Hall–Kier alpha value is -5.26. The number of fused-ring (bicyclic) bond motifs is 4. The molecule has 0 radical (unpaired) electrons. The summed E-state index contributed by atoms with van der Waals surface area (Å²) in [6.07, 6.45) is 1.85. The van der Waals surface area contributed by atoms with Crippen LogP contribution in [0.25, 0.3) is 43.0 Å². The number of hydrogen-bond donors (Lipinski definition) is 1. The highest BCUT2D eigenvalue weighted by atomic mass is 32.1. The highest BCUT2D eigenvalue weighted by Crippen LogP contribution is 2.54. The van der Waals surface area contributed by atoms with E-state index in [-0.39, 0.29) is 11.2 Å². The number of pyridine rings is 1. The molecule has 4 nitrogen and oxygen atoms in total. The lowest BCUT2D eigenvalue weighted by Gasteiger charge is -2.28. The van der Waals surface area contributed by atoms with Crippen LogP contribution < -0.4 is 4.90 Å². The second-order valence-corrected chi connectivity index (χ2v) is 12.7. The second-order valence-electron chi connectivity index (χ2n) is 11.6. The predicted molar refractivity (Wildman–Crippen MR) is 182 cm³/mol. The Balaban J connectivity index is 1.31. The fourth-order valence-electron chi connectivity index (χ4n) is 6.57. The SMILES string of the molecule is CC1(C)c2ccccc2-c2c(N(c3cccc(-c4cccc5sc(-c6ccccc6O)nc45)c3)c3ccccn3)cccc21. The van der Waals surface area contributed by atoms with Crippen LogP contribution in [0.1, 0.15) is 25.0 Å². The molecule has 0 spiro atoms. The van der Waals surface area contributed by atoms with Gasteiger partial charge < -0.3 is 5.11 Å². The molecule has 0 bridgehead atoms. The number of para-hydroxylation sites is 2. The fourth-order valence-corrected chi connectivity index (χ4v) is 7.59. The molecule has 7 aromatic rings. The third-order valence-electron chi connectivity index (χ3n) is 8.67. The summed E-state index contributed by atoms with van der Waals surface area (Å²) in [5.74, 6) is 1.09. The first-order chi connectivity index (χ1) is 21.5. The third-order valence-corrected chi connectivity index (χ3v) is 9.73. The molecule has 0 atom stereocenters. The average molecular weight is 588 g/mol. The van der Waals surface area contributed by atoms with Gasteiger partial charge in [0.05, 0.1) is 21.5 Å². The Morgan fingerprint density at radius 2 is 1.41 bits per heavy atom. The van der Waals surface area contributed by atoms with Gasteiger partial charge >= 0.3 is 0 Å². The highest BCUT2D eigenvalue weighted by Gasteiger charge is 2.37. The van der Waals surface area contributed by atoms with Gasteiger partial charge in [-0.3, -0.25) is 4.90 Å². The van der Waals surface area contributed by atoms with Crippen LogP contribution in [0.5, 0.6) is 5.75 Å². The van der Waals surface area contributed by atoms with E-state index in [9.17, 15) is 5.11 Å². The molecule has 5 aromatic carbocycles. The first-order valence-electron chi connectivity index (χ1n) is 14.7. The van der Waals surface area contributed by atoms with Gasteiger partial charge in [-0.05, 0) is 70.8 Å². The molecule has 5 heteroatoms. The van der Waals surface area contributed by atoms with Crippen molar-refractivity contribution in [2.24, 2.45) is 0 Å². The van der Waals surface area contributed by atoms with Crippen LogP contribution in [-0.2, 0) is 5.41 Å². The zero-order valence-corrected chi connectivity index (χ0v) is 25.2. The minimum absolute atomic E-state index is 0.106. The summed E-state index contributed by atoms with van der Waals surface area (Å²) in [7, 11) is 0. The van der Waals surface area contributed by atoms with E-state index in [0.29, 0.717) is 0 Å². The number of nitrogens with zero attached hydrogens (tertiary/aromatic N) is 3. The zero-order chi connectivity index (χ0) is 29.8. The molecule has 0 fully saturated rings. The van der Waals surface area contributed by atoms with E-state index in [4.69, 9.17) is 9.97 Å². The number of aromatic hydroxyl groups is 1. The molecule has 1 aliphatic rings. The van der Waals surface area contributed by atoms with Crippen molar-refractivity contribution in [1.82, 2.24) is 9.97 Å². The summed E-state index contributed by atoms with van der Waals surface area (Å²) in [6, 6.07) is 43.8. The van der Waals surface area contributed by atoms with Crippen molar-refractivity contribution < 1.29 is 5.11 Å². The van der Waals surface area contributed by atoms with Crippen molar-refractivity contribution in [3.63, 3.8) is 0 Å². The Labute approximate surface area is 260 Å². The van der Waals surface area contributed by atoms with Crippen LogP contribution >= 0.6 is 11.3 Å². The van der Waals surface area contributed by atoms with Crippen molar-refractivity contribution in [2.45, 2.75) is 19.3 Å². The van der Waals surface area contributed by atoms with E-state index >= 15 is 0 Å². The number of phenols is 1. The molecular formula is C39H29N3OS. The lowest BCUT2D eigenvalue weighted by molar-refractivity contribution is 0.477. The van der Waals surface area contributed by atoms with Crippen molar-refractivity contribution in [2.75, 3.05) is 4.90 Å². The highest BCUT2D eigenvalue weighted by molar-refractivity contribution is 7.21. The van der Waals surface area contributed by atoms with Crippen molar-refractivity contribution in [1.29, 1.82) is 0 Å². The molecule has 2 aromatic heterocycles. The maximum atomic E-state index is 10.5. The smallest absolute Gasteiger partial charge is 0.137 e. The minimum atomic E-state index is -0.106. The van der Waals surface area contributed by atoms with E-state index in [1.807, 2.05) is 36.5 Å².